The van der Waals surface area contributed by atoms with Crippen LogP contribution in [0.5, 0.6) is 0 Å². The molecule has 1 amide bonds. The largest absolute Gasteiger partial charge is 0.341 e. The van der Waals surface area contributed by atoms with Gasteiger partial charge in [0.05, 0.1) is 0 Å². The van der Waals surface area contributed by atoms with Crippen molar-refractivity contribution in [2.45, 2.75) is 32.9 Å². The molecular formula is C16H23N5O2. The molecule has 0 spiro atoms. The third-order valence-electron chi connectivity index (χ3n) is 4.32. The zero-order valence-electron chi connectivity index (χ0n) is 14.1. The van der Waals surface area contributed by atoms with Crippen LogP contribution in [-0.2, 0) is 0 Å². The van der Waals surface area contributed by atoms with Crippen LogP contribution in [-0.4, -0.2) is 57.1 Å². The highest BCUT2D eigenvalue weighted by Gasteiger charge is 2.33. The number of hydrogen-bond donors (Lipinski definition) is 0. The second kappa shape index (κ2) is 6.16. The zero-order valence-corrected chi connectivity index (χ0v) is 14.1. The van der Waals surface area contributed by atoms with Gasteiger partial charge in [0.1, 0.15) is 11.7 Å². The predicted molar refractivity (Wildman–Crippen MR) is 85.1 cm³/mol. The van der Waals surface area contributed by atoms with E-state index in [-0.39, 0.29) is 18.0 Å². The van der Waals surface area contributed by atoms with Crippen molar-refractivity contribution in [1.82, 2.24) is 24.5 Å². The molecule has 0 aromatic carbocycles. The molecule has 0 saturated carbocycles. The van der Waals surface area contributed by atoms with E-state index >= 15 is 0 Å². The monoisotopic (exact) mass is 317 g/mol. The Balaban J connectivity index is 1.80. The van der Waals surface area contributed by atoms with Gasteiger partial charge in [-0.2, -0.15) is 4.98 Å². The maximum atomic E-state index is 12.9. The van der Waals surface area contributed by atoms with Crippen molar-refractivity contribution in [3.8, 4) is 0 Å². The molecule has 1 aliphatic rings. The molecule has 23 heavy (non-hydrogen) atoms. The Hall–Kier alpha value is -2.15. The van der Waals surface area contributed by atoms with Crippen LogP contribution in [0.3, 0.4) is 0 Å². The molecule has 7 heteroatoms. The van der Waals surface area contributed by atoms with Crippen LogP contribution in [0.4, 0.5) is 0 Å². The third-order valence-corrected chi connectivity index (χ3v) is 4.32. The predicted octanol–water partition coefficient (Wildman–Crippen LogP) is 1.89. The first-order chi connectivity index (χ1) is 11.0. The van der Waals surface area contributed by atoms with E-state index in [2.05, 4.69) is 28.9 Å². The molecular weight excluding hydrogens is 294 g/mol. The summed E-state index contributed by atoms with van der Waals surface area (Å²) < 4.78 is 7.32. The molecule has 3 heterocycles. The Morgan fingerprint density at radius 3 is 2.83 bits per heavy atom. The molecule has 1 atom stereocenters. The number of nitrogens with zero attached hydrogens (tertiary/aromatic N) is 5. The molecule has 0 radical (unpaired) electrons. The number of amides is 1. The summed E-state index contributed by atoms with van der Waals surface area (Å²) in [6, 6.07) is 4.00. The van der Waals surface area contributed by atoms with E-state index in [0.29, 0.717) is 24.8 Å². The van der Waals surface area contributed by atoms with Crippen LogP contribution in [0.25, 0.3) is 0 Å². The van der Waals surface area contributed by atoms with Gasteiger partial charge in [-0.1, -0.05) is 5.16 Å². The molecule has 7 nitrogen and oxygen atoms in total. The second-order valence-corrected chi connectivity index (χ2v) is 6.32. The highest BCUT2D eigenvalue weighted by molar-refractivity contribution is 5.93. The highest BCUT2D eigenvalue weighted by Crippen LogP contribution is 2.24. The summed E-state index contributed by atoms with van der Waals surface area (Å²) in [5.41, 5.74) is 0.727. The number of piperazine rings is 1. The third kappa shape index (κ3) is 3.01. The molecule has 1 unspecified atom stereocenters. The van der Waals surface area contributed by atoms with Gasteiger partial charge in [0.25, 0.3) is 5.91 Å². The lowest BCUT2D eigenvalue weighted by atomic mass is 10.1. The minimum Gasteiger partial charge on any atom is -0.341 e. The Labute approximate surface area is 135 Å². The van der Waals surface area contributed by atoms with Crippen molar-refractivity contribution in [3.63, 3.8) is 0 Å². The van der Waals surface area contributed by atoms with E-state index < -0.39 is 0 Å². The van der Waals surface area contributed by atoms with Gasteiger partial charge in [-0.05, 0) is 40.0 Å². The number of aryl methyl sites for hydroxylation is 1. The van der Waals surface area contributed by atoms with Gasteiger partial charge in [-0.15, -0.1) is 0 Å². The fourth-order valence-corrected chi connectivity index (χ4v) is 2.96. The minimum absolute atomic E-state index is 0.0537. The summed E-state index contributed by atoms with van der Waals surface area (Å²) in [6.45, 7) is 7.98. The average Bonchev–Trinajstić information content (AvgIpc) is 3.16. The van der Waals surface area contributed by atoms with Crippen molar-refractivity contribution in [2.24, 2.45) is 0 Å². The smallest absolute Gasteiger partial charge is 0.270 e. The van der Waals surface area contributed by atoms with E-state index in [9.17, 15) is 4.79 Å². The maximum absolute atomic E-state index is 12.9. The second-order valence-electron chi connectivity index (χ2n) is 6.32. The summed E-state index contributed by atoms with van der Waals surface area (Å²) in [5, 5.41) is 3.86. The van der Waals surface area contributed by atoms with Crippen molar-refractivity contribution in [2.75, 3.05) is 26.7 Å². The normalized spacial score (nSPS) is 19.5. The Bertz CT molecular complexity index is 690. The highest BCUT2D eigenvalue weighted by atomic mass is 16.5. The molecule has 1 fully saturated rings. The van der Waals surface area contributed by atoms with E-state index in [1.165, 1.54) is 0 Å². The summed E-state index contributed by atoms with van der Waals surface area (Å²) in [5.74, 6) is 1.24. The van der Waals surface area contributed by atoms with Crippen LogP contribution in [0.2, 0.25) is 0 Å². The van der Waals surface area contributed by atoms with Gasteiger partial charge >= 0.3 is 0 Å². The number of rotatable bonds is 3. The molecule has 0 bridgehead atoms. The van der Waals surface area contributed by atoms with Crippen LogP contribution >= 0.6 is 0 Å². The lowest BCUT2D eigenvalue weighted by Gasteiger charge is -2.37. The van der Waals surface area contributed by atoms with Crippen molar-refractivity contribution >= 4 is 5.91 Å². The lowest BCUT2D eigenvalue weighted by molar-refractivity contribution is 0.0478. The fraction of sp³-hybridized carbons (Fsp3) is 0.562. The van der Waals surface area contributed by atoms with E-state index in [0.717, 1.165) is 12.2 Å². The Morgan fingerprint density at radius 1 is 1.39 bits per heavy atom. The zero-order chi connectivity index (χ0) is 16.6. The molecule has 1 aliphatic heterocycles. The fourth-order valence-electron chi connectivity index (χ4n) is 2.96. The molecule has 0 N–H and O–H groups in total. The first-order valence-corrected chi connectivity index (χ1v) is 7.94. The molecule has 2 aromatic rings. The quantitative estimate of drug-likeness (QED) is 0.865. The number of carbonyl (C=O) groups excluding carboxylic acids is 1. The molecule has 124 valence electrons. The van der Waals surface area contributed by atoms with E-state index in [4.69, 9.17) is 4.52 Å². The van der Waals surface area contributed by atoms with Crippen molar-refractivity contribution in [1.29, 1.82) is 0 Å². The van der Waals surface area contributed by atoms with E-state index in [1.54, 1.807) is 6.92 Å². The van der Waals surface area contributed by atoms with Gasteiger partial charge in [-0.25, -0.2) is 0 Å². The summed E-state index contributed by atoms with van der Waals surface area (Å²) in [7, 11) is 2.02. The Kier molecular flexibility index (Phi) is 4.21. The van der Waals surface area contributed by atoms with Crippen LogP contribution in [0.15, 0.2) is 22.9 Å². The topological polar surface area (TPSA) is 67.4 Å². The van der Waals surface area contributed by atoms with Gasteiger partial charge in [0.15, 0.2) is 5.82 Å². The molecule has 2 aromatic heterocycles. The summed E-state index contributed by atoms with van der Waals surface area (Å²) >= 11 is 0. The first-order valence-electron chi connectivity index (χ1n) is 7.94. The lowest BCUT2D eigenvalue weighted by Crippen LogP contribution is -2.49. The summed E-state index contributed by atoms with van der Waals surface area (Å²) in [6.07, 6.45) is 1.95. The first kappa shape index (κ1) is 15.7. The van der Waals surface area contributed by atoms with Crippen molar-refractivity contribution in [3.05, 3.63) is 35.7 Å². The number of hydrogen-bond acceptors (Lipinski definition) is 5. The Morgan fingerprint density at radius 2 is 2.17 bits per heavy atom. The number of carbonyl (C=O) groups is 1. The van der Waals surface area contributed by atoms with Crippen LogP contribution in [0, 0.1) is 6.92 Å². The maximum Gasteiger partial charge on any atom is 0.270 e. The van der Waals surface area contributed by atoms with Crippen molar-refractivity contribution < 1.29 is 9.32 Å². The van der Waals surface area contributed by atoms with Crippen LogP contribution < -0.4 is 0 Å². The van der Waals surface area contributed by atoms with Gasteiger partial charge in [0.2, 0.25) is 5.89 Å². The van der Waals surface area contributed by atoms with E-state index in [1.807, 2.05) is 34.8 Å². The average molecular weight is 317 g/mol. The summed E-state index contributed by atoms with van der Waals surface area (Å²) in [4.78, 5) is 21.2. The number of aromatic nitrogens is 3. The minimum atomic E-state index is -0.0589. The molecule has 3 rings (SSSR count). The van der Waals surface area contributed by atoms with Gasteiger partial charge in [-0.3, -0.25) is 9.69 Å². The standard InChI is InChI=1S/C16H23N5O2/c1-11(2)21-7-5-6-13(21)16(22)20-9-8-19(4)14(10-20)15-17-12(3)18-23-15/h5-7,11,14H,8-10H2,1-4H3. The SMILES string of the molecule is Cc1noc(C2CN(C(=O)c3cccn3C(C)C)CCN2C)n1. The molecule has 0 aliphatic carbocycles. The van der Waals surface area contributed by atoms with Crippen LogP contribution in [0.1, 0.15) is 48.1 Å². The van der Waals surface area contributed by atoms with Gasteiger partial charge in [0, 0.05) is 31.9 Å². The number of likely N-dealkylation sites (N-methyl/N-ethyl adjacent to an activating group) is 1. The molecule has 1 saturated heterocycles. The van der Waals surface area contributed by atoms with Gasteiger partial charge < -0.3 is 14.0 Å².